The Balaban J connectivity index is 1.30. The molecular formula is C20H27N7O3S. The summed E-state index contributed by atoms with van der Waals surface area (Å²) in [5, 5.41) is 2.57. The molecule has 1 saturated heterocycles. The number of pyridine rings is 2. The maximum Gasteiger partial charge on any atom is 0.300 e. The van der Waals surface area contributed by atoms with E-state index in [9.17, 15) is 13.2 Å². The van der Waals surface area contributed by atoms with E-state index >= 15 is 0 Å². The SMILES string of the molecule is CNC(=O)c1ccc(N2CCN(Cc3ccnc(NS(=O)(=O)NC4CC4)c3)CC2)cn1. The number of carbonyl (C=O) groups excluding carboxylic acids is 1. The molecule has 2 aromatic heterocycles. The Bertz CT molecular complexity index is 1020. The van der Waals surface area contributed by atoms with Gasteiger partial charge in [0.2, 0.25) is 0 Å². The maximum absolute atomic E-state index is 12.1. The molecule has 2 fully saturated rings. The molecule has 11 heteroatoms. The normalized spacial score (nSPS) is 17.4. The molecule has 3 heterocycles. The van der Waals surface area contributed by atoms with Crippen molar-refractivity contribution in [2.75, 3.05) is 42.8 Å². The van der Waals surface area contributed by atoms with Gasteiger partial charge in [0.05, 0.1) is 11.9 Å². The van der Waals surface area contributed by atoms with Gasteiger partial charge < -0.3 is 10.2 Å². The van der Waals surface area contributed by atoms with E-state index in [0.717, 1.165) is 56.8 Å². The summed E-state index contributed by atoms with van der Waals surface area (Å²) in [5.74, 6) is 0.130. The molecule has 3 N–H and O–H groups in total. The van der Waals surface area contributed by atoms with E-state index in [0.29, 0.717) is 11.5 Å². The number of nitrogens with zero attached hydrogens (tertiary/aromatic N) is 4. The van der Waals surface area contributed by atoms with Crippen molar-refractivity contribution < 1.29 is 13.2 Å². The van der Waals surface area contributed by atoms with Crippen LogP contribution < -0.4 is 19.7 Å². The van der Waals surface area contributed by atoms with Gasteiger partial charge in [-0.05, 0) is 42.7 Å². The molecule has 2 aromatic rings. The summed E-state index contributed by atoms with van der Waals surface area (Å²) >= 11 is 0. The zero-order valence-electron chi connectivity index (χ0n) is 17.4. The van der Waals surface area contributed by atoms with Crippen molar-refractivity contribution >= 4 is 27.6 Å². The highest BCUT2D eigenvalue weighted by atomic mass is 32.2. The monoisotopic (exact) mass is 445 g/mol. The quantitative estimate of drug-likeness (QED) is 0.543. The van der Waals surface area contributed by atoms with Gasteiger partial charge in [-0.15, -0.1) is 0 Å². The van der Waals surface area contributed by atoms with Crippen molar-refractivity contribution in [1.29, 1.82) is 0 Å². The van der Waals surface area contributed by atoms with E-state index in [4.69, 9.17) is 0 Å². The van der Waals surface area contributed by atoms with Crippen LogP contribution in [0.5, 0.6) is 0 Å². The third-order valence-corrected chi connectivity index (χ3v) is 6.44. The van der Waals surface area contributed by atoms with Gasteiger partial charge >= 0.3 is 10.2 Å². The number of aromatic nitrogens is 2. The van der Waals surface area contributed by atoms with Crippen molar-refractivity contribution in [3.05, 3.63) is 47.9 Å². The van der Waals surface area contributed by atoms with E-state index in [2.05, 4.69) is 34.5 Å². The lowest BCUT2D eigenvalue weighted by atomic mass is 10.2. The average Bonchev–Trinajstić information content (AvgIpc) is 3.57. The Labute approximate surface area is 182 Å². The fourth-order valence-electron chi connectivity index (χ4n) is 3.47. The minimum Gasteiger partial charge on any atom is -0.368 e. The first kappa shape index (κ1) is 21.5. The van der Waals surface area contributed by atoms with Crippen molar-refractivity contribution in [2.45, 2.75) is 25.4 Å². The van der Waals surface area contributed by atoms with Crippen LogP contribution in [0.1, 0.15) is 28.9 Å². The molecule has 0 unspecified atom stereocenters. The molecule has 0 spiro atoms. The van der Waals surface area contributed by atoms with Crippen LogP contribution in [0.2, 0.25) is 0 Å². The van der Waals surface area contributed by atoms with Crippen LogP contribution in [0.15, 0.2) is 36.7 Å². The molecular weight excluding hydrogens is 418 g/mol. The molecule has 1 saturated carbocycles. The molecule has 0 bridgehead atoms. The summed E-state index contributed by atoms with van der Waals surface area (Å²) in [6, 6.07) is 7.38. The lowest BCUT2D eigenvalue weighted by molar-refractivity contribution is 0.0958. The van der Waals surface area contributed by atoms with Crippen molar-refractivity contribution in [3.63, 3.8) is 0 Å². The molecule has 4 rings (SSSR count). The van der Waals surface area contributed by atoms with E-state index in [1.165, 1.54) is 0 Å². The van der Waals surface area contributed by atoms with Crippen LogP contribution in [-0.2, 0) is 16.8 Å². The number of nitrogens with one attached hydrogen (secondary N) is 3. The molecule has 2 aliphatic rings. The van der Waals surface area contributed by atoms with Crippen molar-refractivity contribution in [2.24, 2.45) is 0 Å². The van der Waals surface area contributed by atoms with E-state index in [-0.39, 0.29) is 11.9 Å². The van der Waals surface area contributed by atoms with Gasteiger partial charge in [0, 0.05) is 52.0 Å². The van der Waals surface area contributed by atoms with Crippen LogP contribution >= 0.6 is 0 Å². The predicted octanol–water partition coefficient (Wildman–Crippen LogP) is 0.567. The lowest BCUT2D eigenvalue weighted by Gasteiger charge is -2.36. The second-order valence-electron chi connectivity index (χ2n) is 7.79. The van der Waals surface area contributed by atoms with Gasteiger partial charge in [-0.2, -0.15) is 13.1 Å². The standard InChI is InChI=1S/C20H27N7O3S/c1-21-20(28)18-5-4-17(13-23-18)27-10-8-26(9-11-27)14-15-6-7-22-19(12-15)25-31(29,30)24-16-2-3-16/h4-7,12-13,16,24H,2-3,8-11,14H2,1H3,(H,21,28)(H,22,25). The van der Waals surface area contributed by atoms with Gasteiger partial charge in [0.15, 0.2) is 0 Å². The third-order valence-electron chi connectivity index (χ3n) is 5.31. The molecule has 0 radical (unpaired) electrons. The number of hydrogen-bond donors (Lipinski definition) is 3. The predicted molar refractivity (Wildman–Crippen MR) is 118 cm³/mol. The molecule has 10 nitrogen and oxygen atoms in total. The van der Waals surface area contributed by atoms with Gasteiger partial charge in [0.25, 0.3) is 5.91 Å². The van der Waals surface area contributed by atoms with E-state index < -0.39 is 10.2 Å². The zero-order valence-corrected chi connectivity index (χ0v) is 18.2. The molecule has 1 aliphatic carbocycles. The fourth-order valence-corrected chi connectivity index (χ4v) is 4.59. The number of anilines is 2. The number of amides is 1. The molecule has 1 aliphatic heterocycles. The minimum atomic E-state index is -3.58. The lowest BCUT2D eigenvalue weighted by Crippen LogP contribution is -2.46. The maximum atomic E-state index is 12.1. The number of hydrogen-bond acceptors (Lipinski definition) is 7. The van der Waals surface area contributed by atoms with Crippen LogP contribution in [0, 0.1) is 0 Å². The summed E-state index contributed by atoms with van der Waals surface area (Å²) < 4.78 is 29.3. The van der Waals surface area contributed by atoms with E-state index in [1.807, 2.05) is 12.1 Å². The van der Waals surface area contributed by atoms with Crippen molar-refractivity contribution in [3.8, 4) is 0 Å². The highest BCUT2D eigenvalue weighted by molar-refractivity contribution is 7.90. The highest BCUT2D eigenvalue weighted by Crippen LogP contribution is 2.21. The van der Waals surface area contributed by atoms with Gasteiger partial charge in [-0.3, -0.25) is 14.4 Å². The molecule has 166 valence electrons. The number of carbonyl (C=O) groups is 1. The largest absolute Gasteiger partial charge is 0.368 e. The summed E-state index contributed by atoms with van der Waals surface area (Å²) in [6.07, 6.45) is 5.13. The van der Waals surface area contributed by atoms with Crippen LogP contribution in [0.4, 0.5) is 11.5 Å². The summed E-state index contributed by atoms with van der Waals surface area (Å²) in [4.78, 5) is 24.6. The highest BCUT2D eigenvalue weighted by Gasteiger charge is 2.27. The van der Waals surface area contributed by atoms with Crippen LogP contribution in [0.25, 0.3) is 0 Å². The number of piperazine rings is 1. The zero-order chi connectivity index (χ0) is 21.8. The summed E-state index contributed by atoms with van der Waals surface area (Å²) in [6.45, 7) is 4.14. The Morgan fingerprint density at radius 3 is 2.55 bits per heavy atom. The Hall–Kier alpha value is -2.76. The topological polar surface area (TPSA) is 120 Å². The first-order chi connectivity index (χ1) is 14.9. The third kappa shape index (κ3) is 5.90. The average molecular weight is 446 g/mol. The number of rotatable bonds is 8. The molecule has 0 aromatic carbocycles. The summed E-state index contributed by atoms with van der Waals surface area (Å²) in [7, 11) is -2.00. The van der Waals surface area contributed by atoms with E-state index in [1.54, 1.807) is 31.6 Å². The smallest absolute Gasteiger partial charge is 0.300 e. The Morgan fingerprint density at radius 1 is 1.13 bits per heavy atom. The van der Waals surface area contributed by atoms with Gasteiger partial charge in [-0.1, -0.05) is 0 Å². The van der Waals surface area contributed by atoms with Crippen LogP contribution in [-0.4, -0.2) is 68.5 Å². The molecule has 0 atom stereocenters. The minimum absolute atomic E-state index is 0.0483. The Kier molecular flexibility index (Phi) is 6.35. The van der Waals surface area contributed by atoms with Gasteiger partial charge in [-0.25, -0.2) is 9.97 Å². The fraction of sp³-hybridized carbons (Fsp3) is 0.450. The molecule has 31 heavy (non-hydrogen) atoms. The second-order valence-corrected chi connectivity index (χ2v) is 9.24. The first-order valence-corrected chi connectivity index (χ1v) is 11.8. The molecule has 1 amide bonds. The first-order valence-electron chi connectivity index (χ1n) is 10.3. The second kappa shape index (κ2) is 9.16. The summed E-state index contributed by atoms with van der Waals surface area (Å²) in [5.41, 5.74) is 2.40. The Morgan fingerprint density at radius 2 is 1.90 bits per heavy atom. The van der Waals surface area contributed by atoms with Crippen molar-refractivity contribution in [1.82, 2.24) is 24.9 Å². The van der Waals surface area contributed by atoms with Gasteiger partial charge in [0.1, 0.15) is 11.5 Å². The van der Waals surface area contributed by atoms with Crippen LogP contribution in [0.3, 0.4) is 0 Å².